The van der Waals surface area contributed by atoms with Crippen LogP contribution in [0.5, 0.6) is 0 Å². The second kappa shape index (κ2) is 14.0. The summed E-state index contributed by atoms with van der Waals surface area (Å²) < 4.78 is 2.72. The third-order valence-corrected chi connectivity index (χ3v) is 7.18. The van der Waals surface area contributed by atoms with Crippen LogP contribution < -0.4 is 21.5 Å². The van der Waals surface area contributed by atoms with Crippen LogP contribution in [0.2, 0.25) is 0 Å². The Bertz CT molecular complexity index is 236. The van der Waals surface area contributed by atoms with E-state index in [1.165, 1.54) is 78.1 Å². The fourth-order valence-electron chi connectivity index (χ4n) is 2.54. The van der Waals surface area contributed by atoms with Gasteiger partial charge in [-0.3, -0.25) is 0 Å². The minimum atomic E-state index is 0.350. The van der Waals surface area contributed by atoms with E-state index in [0.717, 1.165) is 5.92 Å². The number of quaternary nitrogens is 1. The number of unbranched alkanes of at least 4 members (excludes halogenated alkanes) is 4. The molecule has 0 aromatic heterocycles. The fourth-order valence-corrected chi connectivity index (χ4v) is 4.86. The summed E-state index contributed by atoms with van der Waals surface area (Å²) in [7, 11) is 7.03. The molecule has 0 heterocycles. The SMILES string of the molecule is CCCCN(CCCCCC[I-][N+](C)(C)C)CCCC(C)C. The zero-order chi connectivity index (χ0) is 16.8. The third kappa shape index (κ3) is 17.0. The second-order valence-corrected chi connectivity index (χ2v) is 12.5. The Kier molecular flexibility index (Phi) is 14.4. The van der Waals surface area contributed by atoms with Gasteiger partial charge in [0.05, 0.1) is 0 Å². The first-order chi connectivity index (χ1) is 10.3. The fraction of sp³-hybridized carbons (Fsp3) is 1.00. The van der Waals surface area contributed by atoms with Crippen molar-refractivity contribution < 1.29 is 24.2 Å². The minimum absolute atomic E-state index is 0.350. The van der Waals surface area contributed by atoms with Crippen molar-refractivity contribution in [2.75, 3.05) is 45.2 Å². The maximum atomic E-state index is 2.73. The molecule has 0 unspecified atom stereocenters. The predicted octanol–water partition coefficient (Wildman–Crippen LogP) is 1.80. The molecule has 0 rings (SSSR count). The van der Waals surface area contributed by atoms with Gasteiger partial charge in [-0.2, -0.15) is 0 Å². The van der Waals surface area contributed by atoms with Crippen LogP contribution in [0.4, 0.5) is 0 Å². The first kappa shape index (κ1) is 22.6. The first-order valence-corrected chi connectivity index (χ1v) is 12.0. The van der Waals surface area contributed by atoms with Gasteiger partial charge in [0.1, 0.15) is 0 Å². The van der Waals surface area contributed by atoms with E-state index in [9.17, 15) is 0 Å². The first-order valence-electron chi connectivity index (χ1n) is 9.50. The van der Waals surface area contributed by atoms with Crippen molar-refractivity contribution in [1.29, 1.82) is 0 Å². The van der Waals surface area contributed by atoms with Gasteiger partial charge in [0, 0.05) is 0 Å². The maximum absolute atomic E-state index is 2.73. The number of rotatable bonds is 15. The van der Waals surface area contributed by atoms with Crippen LogP contribution in [-0.4, -0.2) is 52.8 Å². The Morgan fingerprint density at radius 3 is 2.00 bits per heavy atom. The van der Waals surface area contributed by atoms with Gasteiger partial charge in [0.2, 0.25) is 0 Å². The van der Waals surface area contributed by atoms with Crippen molar-refractivity contribution in [2.24, 2.45) is 5.92 Å². The number of hydrogen-bond donors (Lipinski definition) is 0. The summed E-state index contributed by atoms with van der Waals surface area (Å²) in [4.78, 5) is 2.73. The molecule has 0 amide bonds. The standard InChI is InChI=1S/C19H43IN2/c1-7-8-16-21(18-13-14-19(2)3)17-12-10-9-11-15-20-22(4,5)6/h19H,7-18H2,1-6H3. The van der Waals surface area contributed by atoms with Gasteiger partial charge in [-0.25, -0.2) is 0 Å². The molecule has 0 saturated heterocycles. The Morgan fingerprint density at radius 1 is 0.818 bits per heavy atom. The van der Waals surface area contributed by atoms with Gasteiger partial charge in [-0.1, -0.05) is 0 Å². The molecule has 0 N–H and O–H groups in total. The Labute approximate surface area is 152 Å². The van der Waals surface area contributed by atoms with Gasteiger partial charge >= 0.3 is 152 Å². The van der Waals surface area contributed by atoms with E-state index in [0.29, 0.717) is 21.5 Å². The van der Waals surface area contributed by atoms with E-state index < -0.39 is 0 Å². The van der Waals surface area contributed by atoms with Crippen molar-refractivity contribution in [3.63, 3.8) is 0 Å². The molecule has 0 radical (unpaired) electrons. The average Bonchev–Trinajstić information content (AvgIpc) is 2.41. The molecule has 0 fully saturated rings. The zero-order valence-electron chi connectivity index (χ0n) is 16.3. The van der Waals surface area contributed by atoms with Crippen LogP contribution >= 0.6 is 0 Å². The van der Waals surface area contributed by atoms with Crippen molar-refractivity contribution in [3.8, 4) is 0 Å². The summed E-state index contributed by atoms with van der Waals surface area (Å²) >= 11 is 0.350. The molecule has 0 aliphatic rings. The number of nitrogens with zero attached hydrogens (tertiary/aromatic N) is 2. The van der Waals surface area contributed by atoms with Crippen LogP contribution in [0.15, 0.2) is 0 Å². The monoisotopic (exact) mass is 426 g/mol. The molecular formula is C19H43IN2. The second-order valence-electron chi connectivity index (χ2n) is 7.80. The normalized spacial score (nSPS) is 12.7. The van der Waals surface area contributed by atoms with Crippen molar-refractivity contribution in [3.05, 3.63) is 0 Å². The van der Waals surface area contributed by atoms with Crippen molar-refractivity contribution >= 4 is 0 Å². The molecule has 0 aromatic rings. The predicted molar refractivity (Wildman–Crippen MR) is 96.8 cm³/mol. The number of halogens is 1. The van der Waals surface area contributed by atoms with Crippen molar-refractivity contribution in [2.45, 2.75) is 72.1 Å². The molecule has 0 bridgehead atoms. The molecule has 0 aromatic carbocycles. The molecule has 136 valence electrons. The van der Waals surface area contributed by atoms with Gasteiger partial charge < -0.3 is 0 Å². The van der Waals surface area contributed by atoms with E-state index >= 15 is 0 Å². The Morgan fingerprint density at radius 2 is 1.41 bits per heavy atom. The molecule has 0 spiro atoms. The van der Waals surface area contributed by atoms with Gasteiger partial charge in [-0.15, -0.1) is 0 Å². The summed E-state index contributed by atoms with van der Waals surface area (Å²) in [6, 6.07) is 0. The van der Waals surface area contributed by atoms with Crippen molar-refractivity contribution in [1.82, 2.24) is 4.90 Å². The van der Waals surface area contributed by atoms with E-state index in [-0.39, 0.29) is 0 Å². The summed E-state index contributed by atoms with van der Waals surface area (Å²) in [6.45, 7) is 11.0. The van der Waals surface area contributed by atoms with E-state index in [1.54, 1.807) is 0 Å². The molecule has 3 heteroatoms. The summed E-state index contributed by atoms with van der Waals surface area (Å²) in [6.07, 6.45) is 11.2. The quantitative estimate of drug-likeness (QED) is 0.167. The number of hydrogen-bond acceptors (Lipinski definition) is 1. The van der Waals surface area contributed by atoms with Crippen LogP contribution in [0.25, 0.3) is 0 Å². The van der Waals surface area contributed by atoms with Gasteiger partial charge in [-0.05, 0) is 0 Å². The molecule has 0 saturated carbocycles. The third-order valence-electron chi connectivity index (χ3n) is 3.88. The van der Waals surface area contributed by atoms with Crippen LogP contribution in [-0.2, 0) is 0 Å². The molecule has 0 aliphatic heterocycles. The average molecular weight is 426 g/mol. The summed E-state index contributed by atoms with van der Waals surface area (Å²) in [5, 5.41) is 0. The topological polar surface area (TPSA) is 3.24 Å². The Hall–Kier alpha value is 0.650. The van der Waals surface area contributed by atoms with E-state index in [4.69, 9.17) is 0 Å². The van der Waals surface area contributed by atoms with Crippen LogP contribution in [0.3, 0.4) is 0 Å². The van der Waals surface area contributed by atoms with E-state index in [1.807, 2.05) is 0 Å². The molecular weight excluding hydrogens is 383 g/mol. The summed E-state index contributed by atoms with van der Waals surface area (Å²) in [5.74, 6) is 0.859. The number of alkyl halides is 1. The van der Waals surface area contributed by atoms with Gasteiger partial charge in [0.15, 0.2) is 0 Å². The molecule has 0 aliphatic carbocycles. The van der Waals surface area contributed by atoms with Crippen LogP contribution in [0, 0.1) is 5.92 Å². The summed E-state index contributed by atoms with van der Waals surface area (Å²) in [5.41, 5.74) is 0. The zero-order valence-corrected chi connectivity index (χ0v) is 18.5. The molecule has 22 heavy (non-hydrogen) atoms. The van der Waals surface area contributed by atoms with Gasteiger partial charge in [0.25, 0.3) is 0 Å². The molecule has 2 nitrogen and oxygen atoms in total. The van der Waals surface area contributed by atoms with E-state index in [2.05, 4.69) is 46.8 Å². The van der Waals surface area contributed by atoms with Crippen LogP contribution in [0.1, 0.15) is 72.1 Å². The molecule has 0 atom stereocenters. The Balaban J connectivity index is 3.65.